The van der Waals surface area contributed by atoms with Crippen molar-refractivity contribution in [3.8, 4) is 5.75 Å². The van der Waals surface area contributed by atoms with Crippen LogP contribution in [0, 0.1) is 12.7 Å². The molecule has 0 aliphatic heterocycles. The van der Waals surface area contributed by atoms with Gasteiger partial charge in [-0.1, -0.05) is 24.3 Å². The van der Waals surface area contributed by atoms with Crippen molar-refractivity contribution >= 4 is 23.8 Å². The van der Waals surface area contributed by atoms with E-state index in [1.165, 1.54) is 18.3 Å². The molecule has 0 radical (unpaired) electrons. The summed E-state index contributed by atoms with van der Waals surface area (Å²) in [5.74, 6) is 0.292. The molecule has 1 heterocycles. The number of methoxy groups -OCH3 is 1. The zero-order valence-electron chi connectivity index (χ0n) is 20.3. The number of ether oxygens (including phenoxy) is 1. The first-order valence-electron chi connectivity index (χ1n) is 11.5. The topological polar surface area (TPSA) is 92.7 Å². The van der Waals surface area contributed by atoms with Gasteiger partial charge in [0.15, 0.2) is 5.82 Å². The van der Waals surface area contributed by atoms with Gasteiger partial charge in [-0.2, -0.15) is 0 Å². The second-order valence-electron chi connectivity index (χ2n) is 8.09. The van der Waals surface area contributed by atoms with Gasteiger partial charge in [-0.05, 0) is 55.3 Å². The zero-order valence-corrected chi connectivity index (χ0v) is 20.3. The van der Waals surface area contributed by atoms with Crippen LogP contribution in [0.1, 0.15) is 44.7 Å². The van der Waals surface area contributed by atoms with Crippen LogP contribution >= 0.6 is 0 Å². The number of amides is 2. The minimum atomic E-state index is -0.324. The Hall–Kier alpha value is -4.33. The molecule has 0 aliphatic rings. The molecule has 0 spiro atoms. The Morgan fingerprint density at radius 2 is 1.89 bits per heavy atom. The van der Waals surface area contributed by atoms with Crippen molar-refractivity contribution in [3.63, 3.8) is 0 Å². The van der Waals surface area contributed by atoms with Gasteiger partial charge in [0.1, 0.15) is 11.6 Å². The molecule has 186 valence electrons. The van der Waals surface area contributed by atoms with Crippen LogP contribution in [0.5, 0.6) is 5.75 Å². The number of hydrogen-bond acceptors (Lipinski definition) is 5. The number of carbonyl (C=O) groups excluding carboxylic acids is 2. The largest absolute Gasteiger partial charge is 0.496 e. The quantitative estimate of drug-likeness (QED) is 0.296. The fraction of sp³-hybridized carbons (Fsp3) is 0.214. The predicted octanol–water partition coefficient (Wildman–Crippen LogP) is 4.93. The average Bonchev–Trinajstić information content (AvgIpc) is 2.88. The number of nitrogens with one attached hydrogen (secondary N) is 2. The molecule has 3 rings (SSSR count). The van der Waals surface area contributed by atoms with Crippen LogP contribution in [0.2, 0.25) is 0 Å². The van der Waals surface area contributed by atoms with Crippen LogP contribution < -0.4 is 15.4 Å². The van der Waals surface area contributed by atoms with Crippen molar-refractivity contribution in [1.82, 2.24) is 15.6 Å². The predicted molar refractivity (Wildman–Crippen MR) is 138 cm³/mol. The van der Waals surface area contributed by atoms with Gasteiger partial charge in [0, 0.05) is 42.5 Å². The molecule has 2 N–H and O–H groups in total. The van der Waals surface area contributed by atoms with Crippen LogP contribution in [0.4, 0.5) is 10.2 Å². The van der Waals surface area contributed by atoms with Gasteiger partial charge >= 0.3 is 0 Å². The summed E-state index contributed by atoms with van der Waals surface area (Å²) in [6.45, 7) is 5.90. The lowest BCUT2D eigenvalue weighted by Crippen LogP contribution is -2.35. The summed E-state index contributed by atoms with van der Waals surface area (Å²) in [7, 11) is 1.57. The maximum atomic E-state index is 13.0. The van der Waals surface area contributed by atoms with Crippen LogP contribution in [0.25, 0.3) is 0 Å². The Morgan fingerprint density at radius 3 is 2.56 bits per heavy atom. The smallest absolute Gasteiger partial charge is 0.253 e. The second-order valence-corrected chi connectivity index (χ2v) is 8.09. The molecular formula is C28H29FN4O3. The number of pyridine rings is 1. The van der Waals surface area contributed by atoms with Crippen LogP contribution in [-0.2, 0) is 6.54 Å². The fourth-order valence-corrected chi connectivity index (χ4v) is 3.52. The number of aromatic nitrogens is 1. The molecule has 36 heavy (non-hydrogen) atoms. The lowest BCUT2D eigenvalue weighted by atomic mass is 10.1. The zero-order chi connectivity index (χ0) is 25.9. The molecule has 8 heteroatoms. The van der Waals surface area contributed by atoms with Crippen molar-refractivity contribution in [2.45, 2.75) is 32.4 Å². The van der Waals surface area contributed by atoms with Gasteiger partial charge in [0.2, 0.25) is 0 Å². The highest BCUT2D eigenvalue weighted by Crippen LogP contribution is 2.21. The van der Waals surface area contributed by atoms with E-state index < -0.39 is 0 Å². The van der Waals surface area contributed by atoms with E-state index in [1.54, 1.807) is 55.8 Å². The van der Waals surface area contributed by atoms with Crippen LogP contribution in [0.15, 0.2) is 78.4 Å². The van der Waals surface area contributed by atoms with E-state index in [1.807, 2.05) is 13.0 Å². The number of benzene rings is 2. The third-order valence-electron chi connectivity index (χ3n) is 5.52. The van der Waals surface area contributed by atoms with Crippen molar-refractivity contribution in [2.75, 3.05) is 7.11 Å². The van der Waals surface area contributed by atoms with Gasteiger partial charge < -0.3 is 15.4 Å². The molecule has 3 aromatic rings. The van der Waals surface area contributed by atoms with E-state index in [4.69, 9.17) is 4.74 Å². The molecule has 1 aromatic heterocycles. The number of aliphatic imine (C=N–C) groups is 1. The first kappa shape index (κ1) is 26.3. The van der Waals surface area contributed by atoms with E-state index in [0.717, 1.165) is 11.1 Å². The molecule has 0 saturated heterocycles. The lowest BCUT2D eigenvalue weighted by molar-refractivity contribution is 0.0933. The van der Waals surface area contributed by atoms with E-state index in [2.05, 4.69) is 27.2 Å². The van der Waals surface area contributed by atoms with Crippen molar-refractivity contribution in [1.29, 1.82) is 0 Å². The van der Waals surface area contributed by atoms with Crippen molar-refractivity contribution in [2.24, 2.45) is 4.99 Å². The summed E-state index contributed by atoms with van der Waals surface area (Å²) in [6.07, 6.45) is 5.92. The lowest BCUT2D eigenvalue weighted by Gasteiger charge is -2.17. The summed E-state index contributed by atoms with van der Waals surface area (Å²) < 4.78 is 18.3. The maximum absolute atomic E-state index is 13.0. The number of halogens is 1. The van der Waals surface area contributed by atoms with Gasteiger partial charge in [0.05, 0.1) is 12.7 Å². The molecule has 2 aromatic carbocycles. The minimum Gasteiger partial charge on any atom is -0.496 e. The van der Waals surface area contributed by atoms with Crippen LogP contribution in [-0.4, -0.2) is 36.2 Å². The third-order valence-corrected chi connectivity index (χ3v) is 5.52. The summed E-state index contributed by atoms with van der Waals surface area (Å²) in [5, 5.41) is 5.79. The van der Waals surface area contributed by atoms with Crippen molar-refractivity contribution < 1.29 is 18.7 Å². The Labute approximate surface area is 210 Å². The number of hydrogen-bond donors (Lipinski definition) is 2. The molecule has 0 fully saturated rings. The van der Waals surface area contributed by atoms with E-state index in [9.17, 15) is 14.0 Å². The SMILES string of the molecule is C=CCC(CC=Nc1ccc(C(=O)NCc2ccc(F)cc2)cn1)NC(=O)c1cccc(OC)c1C. The molecule has 1 unspecified atom stereocenters. The highest BCUT2D eigenvalue weighted by Gasteiger charge is 2.16. The van der Waals surface area contributed by atoms with Gasteiger partial charge in [0.25, 0.3) is 11.8 Å². The first-order valence-corrected chi connectivity index (χ1v) is 11.5. The summed E-state index contributed by atoms with van der Waals surface area (Å²) >= 11 is 0. The highest BCUT2D eigenvalue weighted by molar-refractivity contribution is 5.96. The first-order chi connectivity index (χ1) is 17.4. The summed E-state index contributed by atoms with van der Waals surface area (Å²) in [5.41, 5.74) is 2.51. The number of carbonyl (C=O) groups is 2. The number of rotatable bonds is 11. The number of nitrogens with zero attached hydrogens (tertiary/aromatic N) is 2. The van der Waals surface area contributed by atoms with E-state index in [0.29, 0.717) is 35.5 Å². The Kier molecular flexibility index (Phi) is 9.45. The van der Waals surface area contributed by atoms with E-state index in [-0.39, 0.29) is 30.2 Å². The Bertz CT molecular complexity index is 1220. The maximum Gasteiger partial charge on any atom is 0.253 e. The van der Waals surface area contributed by atoms with Gasteiger partial charge in [-0.3, -0.25) is 9.59 Å². The minimum absolute atomic E-state index is 0.194. The Morgan fingerprint density at radius 1 is 1.11 bits per heavy atom. The van der Waals surface area contributed by atoms with Gasteiger partial charge in [-0.25, -0.2) is 14.4 Å². The Balaban J connectivity index is 1.55. The van der Waals surface area contributed by atoms with Crippen molar-refractivity contribution in [3.05, 3.63) is 102 Å². The molecular weight excluding hydrogens is 459 g/mol. The molecule has 0 bridgehead atoms. The second kappa shape index (κ2) is 12.9. The van der Waals surface area contributed by atoms with E-state index >= 15 is 0 Å². The molecule has 2 amide bonds. The highest BCUT2D eigenvalue weighted by atomic mass is 19.1. The van der Waals surface area contributed by atoms with Gasteiger partial charge in [-0.15, -0.1) is 6.58 Å². The van der Waals surface area contributed by atoms with Crippen LogP contribution in [0.3, 0.4) is 0 Å². The molecule has 1 atom stereocenters. The monoisotopic (exact) mass is 488 g/mol. The molecule has 7 nitrogen and oxygen atoms in total. The third kappa shape index (κ3) is 7.33. The summed E-state index contributed by atoms with van der Waals surface area (Å²) in [4.78, 5) is 33.7. The fourth-order valence-electron chi connectivity index (χ4n) is 3.52. The standard InChI is InChI=1S/C28H29FN4O3/c1-4-6-23(33-28(35)24-7-5-8-25(36-3)19(24)2)15-16-30-26-14-11-21(18-31-26)27(34)32-17-20-9-12-22(29)13-10-20/h4-5,7-14,16,18,23H,1,6,15,17H2,2-3H3,(H,32,34)(H,33,35). The normalized spacial score (nSPS) is 11.6. The molecule has 0 aliphatic carbocycles. The molecule has 0 saturated carbocycles. The summed E-state index contributed by atoms with van der Waals surface area (Å²) in [6, 6.07) is 14.4. The average molecular weight is 489 g/mol.